The molecule has 2 aromatic rings. The second-order valence-electron chi connectivity index (χ2n) is 6.61. The molecule has 130 valence electrons. The number of rotatable bonds is 6. The van der Waals surface area contributed by atoms with Gasteiger partial charge in [0.1, 0.15) is 5.41 Å². The van der Waals surface area contributed by atoms with Crippen LogP contribution in [-0.2, 0) is 16.0 Å². The number of carbonyl (C=O) groups excluding carboxylic acids is 2. The molecule has 0 bridgehead atoms. The highest BCUT2D eigenvalue weighted by Gasteiger charge is 2.58. The van der Waals surface area contributed by atoms with Crippen LogP contribution < -0.4 is 4.90 Å². The van der Waals surface area contributed by atoms with E-state index in [9.17, 15) is 9.59 Å². The van der Waals surface area contributed by atoms with Gasteiger partial charge in [-0.3, -0.25) is 14.6 Å². The molecule has 0 aliphatic heterocycles. The van der Waals surface area contributed by atoms with Gasteiger partial charge in [-0.1, -0.05) is 18.2 Å². The zero-order valence-electron chi connectivity index (χ0n) is 14.7. The van der Waals surface area contributed by atoms with Gasteiger partial charge in [-0.2, -0.15) is 0 Å². The first-order chi connectivity index (χ1) is 12.0. The van der Waals surface area contributed by atoms with Gasteiger partial charge in [0.05, 0.1) is 0 Å². The van der Waals surface area contributed by atoms with Crippen molar-refractivity contribution in [1.29, 1.82) is 0 Å². The molecule has 2 amide bonds. The van der Waals surface area contributed by atoms with Gasteiger partial charge in [-0.15, -0.1) is 0 Å². The molecular formula is C20H23N3O2. The number of hydrogen-bond donors (Lipinski definition) is 0. The van der Waals surface area contributed by atoms with Crippen LogP contribution in [0.5, 0.6) is 0 Å². The van der Waals surface area contributed by atoms with Crippen molar-refractivity contribution in [3.05, 3.63) is 60.4 Å². The fraction of sp³-hybridized carbons (Fsp3) is 0.350. The summed E-state index contributed by atoms with van der Waals surface area (Å²) in [6.07, 6.45) is 5.50. The van der Waals surface area contributed by atoms with Crippen molar-refractivity contribution < 1.29 is 9.59 Å². The third-order valence-corrected chi connectivity index (χ3v) is 4.85. The van der Waals surface area contributed by atoms with E-state index < -0.39 is 5.41 Å². The lowest BCUT2D eigenvalue weighted by Crippen LogP contribution is -2.45. The lowest BCUT2D eigenvalue weighted by molar-refractivity contribution is -0.142. The summed E-state index contributed by atoms with van der Waals surface area (Å²) >= 11 is 0. The van der Waals surface area contributed by atoms with Gasteiger partial charge in [0.15, 0.2) is 0 Å². The molecule has 1 aromatic carbocycles. The van der Waals surface area contributed by atoms with Gasteiger partial charge >= 0.3 is 0 Å². The van der Waals surface area contributed by atoms with Crippen molar-refractivity contribution in [2.75, 3.05) is 25.5 Å². The minimum absolute atomic E-state index is 0.0747. The van der Waals surface area contributed by atoms with Crippen LogP contribution in [0.2, 0.25) is 0 Å². The number of nitrogens with zero attached hydrogens (tertiary/aromatic N) is 3. The Bertz CT molecular complexity index is 742. The average Bonchev–Trinajstić information content (AvgIpc) is 3.47. The van der Waals surface area contributed by atoms with Gasteiger partial charge in [-0.25, -0.2) is 0 Å². The highest BCUT2D eigenvalue weighted by atomic mass is 16.2. The molecule has 0 radical (unpaired) electrons. The molecule has 0 unspecified atom stereocenters. The molecule has 1 fully saturated rings. The fourth-order valence-corrected chi connectivity index (χ4v) is 3.05. The SMILES string of the molecule is CN(CCc1ccncc1)C(=O)C1(C(=O)N(C)c2ccccc2)CC1. The summed E-state index contributed by atoms with van der Waals surface area (Å²) in [4.78, 5) is 33.1. The second-order valence-corrected chi connectivity index (χ2v) is 6.61. The number of amides is 2. The molecular weight excluding hydrogens is 314 g/mol. The maximum Gasteiger partial charge on any atom is 0.242 e. The average molecular weight is 337 g/mol. The van der Waals surface area contributed by atoms with Gasteiger partial charge in [0, 0.05) is 38.7 Å². The largest absolute Gasteiger partial charge is 0.344 e. The highest BCUT2D eigenvalue weighted by Crippen LogP contribution is 2.49. The lowest BCUT2D eigenvalue weighted by Gasteiger charge is -2.27. The van der Waals surface area contributed by atoms with Crippen LogP contribution in [-0.4, -0.2) is 42.3 Å². The topological polar surface area (TPSA) is 53.5 Å². The van der Waals surface area contributed by atoms with Crippen LogP contribution in [0, 0.1) is 5.41 Å². The molecule has 1 aromatic heterocycles. The first-order valence-corrected chi connectivity index (χ1v) is 8.52. The Morgan fingerprint density at radius 2 is 1.64 bits per heavy atom. The normalized spacial score (nSPS) is 14.6. The molecule has 0 N–H and O–H groups in total. The predicted octanol–water partition coefficient (Wildman–Crippen LogP) is 2.53. The van der Waals surface area contributed by atoms with E-state index in [4.69, 9.17) is 0 Å². The molecule has 5 heteroatoms. The minimum atomic E-state index is -0.877. The molecule has 0 spiro atoms. The Balaban J connectivity index is 1.65. The van der Waals surface area contributed by atoms with Crippen LogP contribution in [0.1, 0.15) is 18.4 Å². The van der Waals surface area contributed by atoms with Gasteiger partial charge in [-0.05, 0) is 49.1 Å². The predicted molar refractivity (Wildman–Crippen MR) is 97.1 cm³/mol. The third-order valence-electron chi connectivity index (χ3n) is 4.85. The van der Waals surface area contributed by atoms with Crippen LogP contribution in [0.3, 0.4) is 0 Å². The Morgan fingerprint density at radius 1 is 1.00 bits per heavy atom. The smallest absolute Gasteiger partial charge is 0.242 e. The summed E-state index contributed by atoms with van der Waals surface area (Å²) < 4.78 is 0. The molecule has 1 saturated carbocycles. The van der Waals surface area contributed by atoms with E-state index in [1.165, 1.54) is 0 Å². The highest BCUT2D eigenvalue weighted by molar-refractivity contribution is 6.13. The Morgan fingerprint density at radius 3 is 2.24 bits per heavy atom. The molecule has 1 aliphatic rings. The Hall–Kier alpha value is -2.69. The first kappa shape index (κ1) is 17.1. The van der Waals surface area contributed by atoms with Gasteiger partial charge < -0.3 is 9.80 Å². The number of likely N-dealkylation sites (N-methyl/N-ethyl adjacent to an activating group) is 1. The standard InChI is InChI=1S/C20H23N3O2/c1-22(15-10-16-8-13-21-14-9-16)18(24)20(11-12-20)19(25)23(2)17-6-4-3-5-7-17/h3-9,13-14H,10-12,15H2,1-2H3. The Kier molecular flexibility index (Phi) is 4.83. The summed E-state index contributed by atoms with van der Waals surface area (Å²) in [5.74, 6) is -0.186. The van der Waals surface area contributed by atoms with E-state index in [-0.39, 0.29) is 11.8 Å². The number of para-hydroxylation sites is 1. The van der Waals surface area contributed by atoms with E-state index in [2.05, 4.69) is 4.98 Å². The molecule has 0 atom stereocenters. The van der Waals surface area contributed by atoms with E-state index in [0.717, 1.165) is 17.7 Å². The molecule has 25 heavy (non-hydrogen) atoms. The number of hydrogen-bond acceptors (Lipinski definition) is 3. The number of anilines is 1. The summed E-state index contributed by atoms with van der Waals surface area (Å²) in [5.41, 5.74) is 1.07. The molecule has 1 heterocycles. The van der Waals surface area contributed by atoms with E-state index >= 15 is 0 Å². The summed E-state index contributed by atoms with van der Waals surface area (Å²) in [6, 6.07) is 13.3. The van der Waals surface area contributed by atoms with Crippen molar-refractivity contribution in [2.24, 2.45) is 5.41 Å². The number of carbonyl (C=O) groups is 2. The van der Waals surface area contributed by atoms with Crippen molar-refractivity contribution in [2.45, 2.75) is 19.3 Å². The monoisotopic (exact) mass is 337 g/mol. The van der Waals surface area contributed by atoms with Crippen molar-refractivity contribution in [1.82, 2.24) is 9.88 Å². The van der Waals surface area contributed by atoms with Crippen molar-refractivity contribution in [3.63, 3.8) is 0 Å². The van der Waals surface area contributed by atoms with Gasteiger partial charge in [0.2, 0.25) is 11.8 Å². The molecule has 0 saturated heterocycles. The van der Waals surface area contributed by atoms with E-state index in [1.54, 1.807) is 36.3 Å². The summed E-state index contributed by atoms with van der Waals surface area (Å²) in [5, 5.41) is 0. The third kappa shape index (κ3) is 3.55. The molecule has 1 aliphatic carbocycles. The lowest BCUT2D eigenvalue weighted by atomic mass is 10.0. The zero-order chi connectivity index (χ0) is 17.9. The maximum atomic E-state index is 12.9. The minimum Gasteiger partial charge on any atom is -0.344 e. The van der Waals surface area contributed by atoms with Crippen LogP contribution >= 0.6 is 0 Å². The Labute approximate surface area is 148 Å². The zero-order valence-corrected chi connectivity index (χ0v) is 14.7. The van der Waals surface area contributed by atoms with Crippen molar-refractivity contribution >= 4 is 17.5 Å². The van der Waals surface area contributed by atoms with E-state index in [0.29, 0.717) is 19.4 Å². The maximum absolute atomic E-state index is 12.9. The number of benzene rings is 1. The molecule has 3 rings (SSSR count). The fourth-order valence-electron chi connectivity index (χ4n) is 3.05. The van der Waals surface area contributed by atoms with Crippen LogP contribution in [0.25, 0.3) is 0 Å². The number of aromatic nitrogens is 1. The second kappa shape index (κ2) is 7.05. The van der Waals surface area contributed by atoms with Crippen LogP contribution in [0.4, 0.5) is 5.69 Å². The first-order valence-electron chi connectivity index (χ1n) is 8.52. The quantitative estimate of drug-likeness (QED) is 0.761. The summed E-state index contributed by atoms with van der Waals surface area (Å²) in [7, 11) is 3.52. The van der Waals surface area contributed by atoms with Crippen molar-refractivity contribution in [3.8, 4) is 0 Å². The molecule has 5 nitrogen and oxygen atoms in total. The van der Waals surface area contributed by atoms with Crippen LogP contribution in [0.15, 0.2) is 54.9 Å². The summed E-state index contributed by atoms with van der Waals surface area (Å²) in [6.45, 7) is 0.590. The van der Waals surface area contributed by atoms with Gasteiger partial charge in [0.25, 0.3) is 0 Å². The van der Waals surface area contributed by atoms with E-state index in [1.807, 2.05) is 42.5 Å². The number of pyridine rings is 1.